The van der Waals surface area contributed by atoms with Gasteiger partial charge in [0.15, 0.2) is 0 Å². The predicted octanol–water partition coefficient (Wildman–Crippen LogP) is 4.34. The number of anilines is 1. The van der Waals surface area contributed by atoms with Crippen molar-refractivity contribution in [3.8, 4) is 5.75 Å². The maximum Gasteiger partial charge on any atom is 0.122 e. The standard InChI is InChI=1S/C18H27N3OS/c1-13-20-16(12-23-13)11-18(2,3)9-5-6-14-10-15(21-19)7-8-17(14)22-4/h7-8,10,12,21H,5-6,9,11,19H2,1-4H3. The second kappa shape index (κ2) is 7.79. The molecule has 0 atom stereocenters. The first-order valence-electron chi connectivity index (χ1n) is 7.98. The maximum atomic E-state index is 5.50. The van der Waals surface area contributed by atoms with E-state index in [2.05, 4.69) is 42.6 Å². The lowest BCUT2D eigenvalue weighted by Gasteiger charge is -2.24. The summed E-state index contributed by atoms with van der Waals surface area (Å²) in [7, 11) is 1.71. The lowest BCUT2D eigenvalue weighted by atomic mass is 9.82. The van der Waals surface area contributed by atoms with Crippen molar-refractivity contribution in [3.63, 3.8) is 0 Å². The van der Waals surface area contributed by atoms with Crippen molar-refractivity contribution in [3.05, 3.63) is 39.8 Å². The zero-order chi connectivity index (χ0) is 16.9. The molecule has 0 radical (unpaired) electrons. The van der Waals surface area contributed by atoms with Gasteiger partial charge >= 0.3 is 0 Å². The molecule has 0 aliphatic carbocycles. The van der Waals surface area contributed by atoms with Gasteiger partial charge in [0.2, 0.25) is 0 Å². The van der Waals surface area contributed by atoms with E-state index in [1.54, 1.807) is 18.4 Å². The number of rotatable bonds is 8. The van der Waals surface area contributed by atoms with E-state index in [1.165, 1.54) is 11.3 Å². The Hall–Kier alpha value is -1.59. The van der Waals surface area contributed by atoms with Crippen molar-refractivity contribution in [1.29, 1.82) is 0 Å². The third-order valence-corrected chi connectivity index (χ3v) is 4.90. The van der Waals surface area contributed by atoms with E-state index in [-0.39, 0.29) is 5.41 Å². The van der Waals surface area contributed by atoms with E-state index in [1.807, 2.05) is 12.1 Å². The first-order valence-corrected chi connectivity index (χ1v) is 8.86. The lowest BCUT2D eigenvalue weighted by Crippen LogP contribution is -2.15. The highest BCUT2D eigenvalue weighted by molar-refractivity contribution is 7.09. The van der Waals surface area contributed by atoms with Gasteiger partial charge in [0.1, 0.15) is 5.75 Å². The summed E-state index contributed by atoms with van der Waals surface area (Å²) in [5.41, 5.74) is 6.27. The summed E-state index contributed by atoms with van der Waals surface area (Å²) >= 11 is 1.73. The Bertz CT molecular complexity index is 637. The molecule has 0 spiro atoms. The van der Waals surface area contributed by atoms with E-state index in [0.717, 1.165) is 42.1 Å². The molecule has 0 aliphatic rings. The first-order chi connectivity index (χ1) is 10.9. The number of benzene rings is 1. The maximum absolute atomic E-state index is 5.50. The second-order valence-electron chi connectivity index (χ2n) is 6.72. The molecule has 2 aromatic rings. The molecule has 0 saturated heterocycles. The minimum atomic E-state index is 0.247. The van der Waals surface area contributed by atoms with Gasteiger partial charge in [-0.05, 0) is 61.8 Å². The van der Waals surface area contributed by atoms with E-state index < -0.39 is 0 Å². The van der Waals surface area contributed by atoms with Gasteiger partial charge in [-0.1, -0.05) is 13.8 Å². The highest BCUT2D eigenvalue weighted by atomic mass is 32.1. The molecular formula is C18H27N3OS. The van der Waals surface area contributed by atoms with Gasteiger partial charge in [0.25, 0.3) is 0 Å². The second-order valence-corrected chi connectivity index (χ2v) is 7.79. The summed E-state index contributed by atoms with van der Waals surface area (Å²) in [6.07, 6.45) is 4.27. The lowest BCUT2D eigenvalue weighted by molar-refractivity contribution is 0.319. The quantitative estimate of drug-likeness (QED) is 0.557. The van der Waals surface area contributed by atoms with Crippen LogP contribution in [0.15, 0.2) is 23.6 Å². The molecule has 0 unspecified atom stereocenters. The molecular weight excluding hydrogens is 306 g/mol. The fourth-order valence-electron chi connectivity index (χ4n) is 2.89. The molecule has 1 aromatic carbocycles. The van der Waals surface area contributed by atoms with E-state index >= 15 is 0 Å². The number of nitrogens with zero attached hydrogens (tertiary/aromatic N) is 1. The number of hydrogen-bond donors (Lipinski definition) is 2. The highest BCUT2D eigenvalue weighted by Crippen LogP contribution is 2.30. The number of nitrogens with two attached hydrogens (primary N) is 1. The Balaban J connectivity index is 1.93. The van der Waals surface area contributed by atoms with Crippen molar-refractivity contribution in [2.45, 2.75) is 46.5 Å². The van der Waals surface area contributed by atoms with Gasteiger partial charge in [-0.25, -0.2) is 4.98 Å². The number of ether oxygens (including phenoxy) is 1. The van der Waals surface area contributed by atoms with Gasteiger partial charge in [-0.15, -0.1) is 11.3 Å². The van der Waals surface area contributed by atoms with Crippen molar-refractivity contribution < 1.29 is 4.74 Å². The van der Waals surface area contributed by atoms with Crippen LogP contribution in [-0.4, -0.2) is 12.1 Å². The highest BCUT2D eigenvalue weighted by Gasteiger charge is 2.20. The molecule has 0 bridgehead atoms. The number of hydrazine groups is 1. The van der Waals surface area contributed by atoms with Crippen LogP contribution in [0.3, 0.4) is 0 Å². The predicted molar refractivity (Wildman–Crippen MR) is 98.1 cm³/mol. The van der Waals surface area contributed by atoms with Crippen LogP contribution >= 0.6 is 11.3 Å². The summed E-state index contributed by atoms with van der Waals surface area (Å²) in [5, 5.41) is 3.32. The summed E-state index contributed by atoms with van der Waals surface area (Å²) in [5.74, 6) is 6.43. The summed E-state index contributed by atoms with van der Waals surface area (Å²) in [6.45, 7) is 6.69. The Morgan fingerprint density at radius 3 is 2.74 bits per heavy atom. The van der Waals surface area contributed by atoms with Crippen LogP contribution in [0, 0.1) is 12.3 Å². The topological polar surface area (TPSA) is 60.2 Å². The molecule has 4 nitrogen and oxygen atoms in total. The number of thiazole rings is 1. The zero-order valence-electron chi connectivity index (χ0n) is 14.5. The van der Waals surface area contributed by atoms with Crippen LogP contribution < -0.4 is 16.0 Å². The third kappa shape index (κ3) is 5.22. The summed E-state index contributed by atoms with van der Waals surface area (Å²) < 4.78 is 5.45. The van der Waals surface area contributed by atoms with Gasteiger partial charge in [-0.3, -0.25) is 5.84 Å². The smallest absolute Gasteiger partial charge is 0.122 e. The third-order valence-electron chi connectivity index (χ3n) is 4.07. The Morgan fingerprint density at radius 2 is 2.13 bits per heavy atom. The molecule has 2 rings (SSSR count). The molecule has 126 valence electrons. The molecule has 3 N–H and O–H groups in total. The molecule has 0 saturated carbocycles. The Kier molecular flexibility index (Phi) is 6.02. The fourth-order valence-corrected chi connectivity index (χ4v) is 3.50. The summed E-state index contributed by atoms with van der Waals surface area (Å²) in [6, 6.07) is 5.96. The number of nitrogens with one attached hydrogen (secondary N) is 1. The molecule has 23 heavy (non-hydrogen) atoms. The van der Waals surface area contributed by atoms with Crippen LogP contribution in [0.1, 0.15) is 43.0 Å². The first kappa shape index (κ1) is 17.8. The molecule has 1 heterocycles. The van der Waals surface area contributed by atoms with E-state index in [9.17, 15) is 0 Å². The molecule has 0 amide bonds. The normalized spacial score (nSPS) is 11.5. The van der Waals surface area contributed by atoms with Crippen LogP contribution in [0.2, 0.25) is 0 Å². The van der Waals surface area contributed by atoms with Crippen LogP contribution in [0.25, 0.3) is 0 Å². The molecule has 1 aromatic heterocycles. The van der Waals surface area contributed by atoms with Gasteiger partial charge in [0.05, 0.1) is 17.8 Å². The average Bonchev–Trinajstić information content (AvgIpc) is 2.91. The van der Waals surface area contributed by atoms with E-state index in [0.29, 0.717) is 0 Å². The van der Waals surface area contributed by atoms with Crippen LogP contribution in [0.4, 0.5) is 5.69 Å². The number of hydrogen-bond acceptors (Lipinski definition) is 5. The fraction of sp³-hybridized carbons (Fsp3) is 0.500. The average molecular weight is 334 g/mol. The molecule has 0 aliphatic heterocycles. The monoisotopic (exact) mass is 333 g/mol. The number of aromatic nitrogens is 1. The Labute approximate surface area is 143 Å². The van der Waals surface area contributed by atoms with Crippen molar-refractivity contribution in [1.82, 2.24) is 4.98 Å². The minimum Gasteiger partial charge on any atom is -0.496 e. The van der Waals surface area contributed by atoms with E-state index in [4.69, 9.17) is 10.6 Å². The zero-order valence-corrected chi connectivity index (χ0v) is 15.3. The number of nitrogen functional groups attached to an aromatic ring is 1. The Morgan fingerprint density at radius 1 is 1.35 bits per heavy atom. The van der Waals surface area contributed by atoms with Gasteiger partial charge in [0, 0.05) is 11.1 Å². The van der Waals surface area contributed by atoms with Gasteiger partial charge in [-0.2, -0.15) is 0 Å². The van der Waals surface area contributed by atoms with Crippen molar-refractivity contribution >= 4 is 17.0 Å². The summed E-state index contributed by atoms with van der Waals surface area (Å²) in [4.78, 5) is 4.59. The SMILES string of the molecule is COc1ccc(NN)cc1CCCC(C)(C)Cc1csc(C)n1. The number of methoxy groups -OCH3 is 1. The minimum absolute atomic E-state index is 0.247. The van der Waals surface area contributed by atoms with Crippen molar-refractivity contribution in [2.75, 3.05) is 12.5 Å². The largest absolute Gasteiger partial charge is 0.496 e. The number of aryl methyl sites for hydroxylation is 2. The van der Waals surface area contributed by atoms with Gasteiger partial charge < -0.3 is 10.2 Å². The molecule has 5 heteroatoms. The van der Waals surface area contributed by atoms with Crippen molar-refractivity contribution in [2.24, 2.45) is 11.3 Å². The molecule has 0 fully saturated rings. The van der Waals surface area contributed by atoms with Crippen LogP contribution in [0.5, 0.6) is 5.75 Å². The van der Waals surface area contributed by atoms with Crippen LogP contribution in [-0.2, 0) is 12.8 Å².